The molecule has 0 aliphatic rings. The van der Waals surface area contributed by atoms with Crippen LogP contribution in [0.2, 0.25) is 0 Å². The molecular formula is C15H10Br2O6. The van der Waals surface area contributed by atoms with E-state index in [1.54, 1.807) is 24.3 Å². The molecule has 0 heterocycles. The molecule has 0 aliphatic heterocycles. The summed E-state index contributed by atoms with van der Waals surface area (Å²) in [7, 11) is 0. The van der Waals surface area contributed by atoms with Crippen molar-refractivity contribution in [3.05, 3.63) is 59.7 Å². The molecule has 0 fully saturated rings. The van der Waals surface area contributed by atoms with Crippen LogP contribution in [0.5, 0.6) is 11.5 Å². The number of hydrogen-bond donors (Lipinski definition) is 2. The van der Waals surface area contributed by atoms with Crippen LogP contribution in [0, 0.1) is 0 Å². The smallest absolute Gasteiger partial charge is 0.368 e. The number of alkyl halides is 2. The lowest BCUT2D eigenvalue weighted by Crippen LogP contribution is -2.29. The van der Waals surface area contributed by atoms with Gasteiger partial charge in [0.1, 0.15) is 22.6 Å². The first kappa shape index (κ1) is 17.3. The molecule has 120 valence electrons. The summed E-state index contributed by atoms with van der Waals surface area (Å²) in [5, 5.41) is 18.3. The zero-order valence-electron chi connectivity index (χ0n) is 11.4. The van der Waals surface area contributed by atoms with Crippen molar-refractivity contribution in [1.82, 2.24) is 0 Å². The first-order valence-corrected chi connectivity index (χ1v) is 7.79. The fraction of sp³-hybridized carbons (Fsp3) is 0.0667. The predicted molar refractivity (Wildman–Crippen MR) is 88.6 cm³/mol. The van der Waals surface area contributed by atoms with Gasteiger partial charge in [0.05, 0.1) is 0 Å². The molecule has 0 amide bonds. The molecule has 0 unspecified atom stereocenters. The van der Waals surface area contributed by atoms with Gasteiger partial charge in [-0.2, -0.15) is 0 Å². The number of rotatable bonds is 6. The Morgan fingerprint density at radius 1 is 0.783 bits per heavy atom. The summed E-state index contributed by atoms with van der Waals surface area (Å²) >= 11 is 6.22. The van der Waals surface area contributed by atoms with Crippen LogP contribution in [0.1, 0.15) is 20.7 Å². The number of benzene rings is 2. The lowest BCUT2D eigenvalue weighted by Gasteiger charge is -2.24. The van der Waals surface area contributed by atoms with Crippen LogP contribution in [-0.2, 0) is 0 Å². The van der Waals surface area contributed by atoms with Crippen LogP contribution in [0.3, 0.4) is 0 Å². The molecule has 0 aromatic heterocycles. The van der Waals surface area contributed by atoms with Crippen molar-refractivity contribution >= 4 is 43.8 Å². The normalized spacial score (nSPS) is 10.9. The van der Waals surface area contributed by atoms with Crippen LogP contribution in [0.15, 0.2) is 48.5 Å². The van der Waals surface area contributed by atoms with E-state index in [0.29, 0.717) is 0 Å². The Labute approximate surface area is 147 Å². The molecular weight excluding hydrogens is 436 g/mol. The minimum atomic E-state index is -1.64. The van der Waals surface area contributed by atoms with Gasteiger partial charge in [0.2, 0.25) is 0 Å². The third-order valence-corrected chi connectivity index (χ3v) is 3.34. The molecule has 0 saturated heterocycles. The molecule has 2 aromatic rings. The van der Waals surface area contributed by atoms with Crippen molar-refractivity contribution in [2.45, 2.75) is 3.61 Å². The van der Waals surface area contributed by atoms with Crippen molar-refractivity contribution in [2.75, 3.05) is 0 Å². The highest BCUT2D eigenvalue weighted by Gasteiger charge is 2.31. The van der Waals surface area contributed by atoms with Gasteiger partial charge in [-0.3, -0.25) is 0 Å². The molecule has 2 rings (SSSR count). The Balaban J connectivity index is 2.27. The molecule has 2 aromatic carbocycles. The van der Waals surface area contributed by atoms with E-state index >= 15 is 0 Å². The highest BCUT2D eigenvalue weighted by Crippen LogP contribution is 2.35. The zero-order chi connectivity index (χ0) is 17.0. The number of hydrogen-bond acceptors (Lipinski definition) is 4. The summed E-state index contributed by atoms with van der Waals surface area (Å²) < 4.78 is 9.30. The Bertz CT molecular complexity index is 683. The fourth-order valence-corrected chi connectivity index (χ4v) is 2.44. The van der Waals surface area contributed by atoms with E-state index in [2.05, 4.69) is 31.9 Å². The minimum Gasteiger partial charge on any atom is -0.478 e. The largest absolute Gasteiger partial charge is 0.478 e. The van der Waals surface area contributed by atoms with Gasteiger partial charge in [0, 0.05) is 31.9 Å². The first-order chi connectivity index (χ1) is 10.8. The standard InChI is InChI=1S/C15H10Br2O6/c16-15(17,22-11-7-3-1-5-9(11)13(18)19)23-12-8-4-2-6-10(12)14(20)21/h1-8H,(H,18,19)(H,20,21). The van der Waals surface area contributed by atoms with Crippen molar-refractivity contribution in [3.8, 4) is 11.5 Å². The molecule has 0 bridgehead atoms. The Hall–Kier alpha value is -2.06. The van der Waals surface area contributed by atoms with Crippen LogP contribution in [0.4, 0.5) is 0 Å². The first-order valence-electron chi connectivity index (χ1n) is 6.20. The summed E-state index contributed by atoms with van der Waals surface area (Å²) in [6, 6.07) is 12.0. The number of aromatic carboxylic acids is 2. The van der Waals surface area contributed by atoms with Gasteiger partial charge in [-0.15, -0.1) is 0 Å². The number of carboxylic acids is 2. The molecule has 6 nitrogen and oxygen atoms in total. The Morgan fingerprint density at radius 2 is 1.13 bits per heavy atom. The topological polar surface area (TPSA) is 93.1 Å². The Kier molecular flexibility index (Phi) is 5.27. The summed E-state index contributed by atoms with van der Waals surface area (Å²) in [6.07, 6.45) is 0. The van der Waals surface area contributed by atoms with Gasteiger partial charge in [0.15, 0.2) is 0 Å². The highest BCUT2D eigenvalue weighted by atomic mass is 79.9. The van der Waals surface area contributed by atoms with Gasteiger partial charge in [-0.1, -0.05) is 24.3 Å². The SMILES string of the molecule is O=C(O)c1ccccc1OC(Br)(Br)Oc1ccccc1C(=O)O. The second-order valence-electron chi connectivity index (χ2n) is 4.27. The van der Waals surface area contributed by atoms with Gasteiger partial charge < -0.3 is 19.7 Å². The van der Waals surface area contributed by atoms with Crippen molar-refractivity contribution in [2.24, 2.45) is 0 Å². The van der Waals surface area contributed by atoms with E-state index in [1.165, 1.54) is 24.3 Å². The maximum absolute atomic E-state index is 11.2. The minimum absolute atomic E-state index is 0.0431. The van der Waals surface area contributed by atoms with Gasteiger partial charge in [-0.05, 0) is 24.3 Å². The molecule has 0 spiro atoms. The second kappa shape index (κ2) is 7.01. The van der Waals surface area contributed by atoms with Crippen LogP contribution in [0.25, 0.3) is 0 Å². The zero-order valence-corrected chi connectivity index (χ0v) is 14.6. The predicted octanol–water partition coefficient (Wildman–Crippen LogP) is 3.94. The summed E-state index contributed by atoms with van der Waals surface area (Å²) in [6.45, 7) is 0. The summed E-state index contributed by atoms with van der Waals surface area (Å²) in [5.74, 6) is -2.24. The summed E-state index contributed by atoms with van der Waals surface area (Å²) in [4.78, 5) is 22.4. The maximum Gasteiger partial charge on any atom is 0.368 e. The molecule has 0 atom stereocenters. The molecule has 8 heteroatoms. The average Bonchev–Trinajstić information content (AvgIpc) is 2.47. The highest BCUT2D eigenvalue weighted by molar-refractivity contribution is 9.25. The number of carboxylic acid groups (broad SMARTS) is 2. The van der Waals surface area contributed by atoms with E-state index < -0.39 is 15.5 Å². The van der Waals surface area contributed by atoms with E-state index in [0.717, 1.165) is 0 Å². The van der Waals surface area contributed by atoms with Crippen molar-refractivity contribution < 1.29 is 29.3 Å². The van der Waals surface area contributed by atoms with Gasteiger partial charge >= 0.3 is 15.5 Å². The molecule has 2 N–H and O–H groups in total. The third-order valence-electron chi connectivity index (χ3n) is 2.69. The van der Waals surface area contributed by atoms with Crippen LogP contribution >= 0.6 is 31.9 Å². The lowest BCUT2D eigenvalue weighted by molar-refractivity contribution is 0.0559. The molecule has 0 radical (unpaired) electrons. The number of para-hydroxylation sites is 2. The van der Waals surface area contributed by atoms with Crippen molar-refractivity contribution in [3.63, 3.8) is 0 Å². The van der Waals surface area contributed by atoms with Crippen LogP contribution in [-0.4, -0.2) is 25.8 Å². The third kappa shape index (κ3) is 4.46. The molecule has 0 saturated carbocycles. The van der Waals surface area contributed by atoms with E-state index in [9.17, 15) is 9.59 Å². The van der Waals surface area contributed by atoms with Gasteiger partial charge in [0.25, 0.3) is 0 Å². The maximum atomic E-state index is 11.2. The monoisotopic (exact) mass is 444 g/mol. The lowest BCUT2D eigenvalue weighted by atomic mass is 10.2. The summed E-state index contributed by atoms with van der Waals surface area (Å²) in [5.41, 5.74) is -0.128. The van der Waals surface area contributed by atoms with E-state index in [1.807, 2.05) is 0 Å². The quantitative estimate of drug-likeness (QED) is 0.516. The fourth-order valence-electron chi connectivity index (χ4n) is 1.74. The number of carbonyl (C=O) groups is 2. The molecule has 23 heavy (non-hydrogen) atoms. The second-order valence-corrected chi connectivity index (χ2v) is 7.42. The number of ether oxygens (including phenoxy) is 2. The average molecular weight is 446 g/mol. The van der Waals surface area contributed by atoms with E-state index in [-0.39, 0.29) is 22.6 Å². The number of halogens is 2. The van der Waals surface area contributed by atoms with Crippen LogP contribution < -0.4 is 9.47 Å². The van der Waals surface area contributed by atoms with E-state index in [4.69, 9.17) is 19.7 Å². The molecule has 0 aliphatic carbocycles. The Morgan fingerprint density at radius 3 is 1.48 bits per heavy atom. The van der Waals surface area contributed by atoms with Crippen molar-refractivity contribution in [1.29, 1.82) is 0 Å². The van der Waals surface area contributed by atoms with Gasteiger partial charge in [-0.25, -0.2) is 9.59 Å².